The van der Waals surface area contributed by atoms with Gasteiger partial charge in [-0.25, -0.2) is 14.8 Å². The monoisotopic (exact) mass is 409 g/mol. The van der Waals surface area contributed by atoms with Gasteiger partial charge < -0.3 is 25.0 Å². The SMILES string of the molecule is CC(C)(C)OC(=O)N1C[C@H](O)C[C@H]1Cn1cc(-c2ccccc2)c2c(N)ncnc21. The van der Waals surface area contributed by atoms with E-state index in [1.807, 2.05) is 61.9 Å². The molecule has 1 aliphatic heterocycles. The van der Waals surface area contributed by atoms with Crippen molar-refractivity contribution in [2.45, 2.75) is 51.5 Å². The minimum Gasteiger partial charge on any atom is -0.444 e. The topological polar surface area (TPSA) is 106 Å². The zero-order valence-electron chi connectivity index (χ0n) is 17.4. The molecule has 0 aliphatic carbocycles. The maximum absolute atomic E-state index is 12.7. The molecule has 3 N–H and O–H groups in total. The van der Waals surface area contributed by atoms with Gasteiger partial charge >= 0.3 is 6.09 Å². The molecule has 3 heterocycles. The summed E-state index contributed by atoms with van der Waals surface area (Å²) < 4.78 is 7.52. The number of rotatable bonds is 3. The Bertz CT molecular complexity index is 1060. The number of carbonyl (C=O) groups is 1. The van der Waals surface area contributed by atoms with E-state index in [9.17, 15) is 9.90 Å². The van der Waals surface area contributed by atoms with Crippen LogP contribution in [0.3, 0.4) is 0 Å². The van der Waals surface area contributed by atoms with Crippen LogP contribution in [0.15, 0.2) is 42.9 Å². The third-order valence-electron chi connectivity index (χ3n) is 5.20. The number of likely N-dealkylation sites (tertiary alicyclic amines) is 1. The predicted molar refractivity (Wildman–Crippen MR) is 115 cm³/mol. The fourth-order valence-corrected chi connectivity index (χ4v) is 3.96. The smallest absolute Gasteiger partial charge is 0.410 e. The number of hydrogen-bond acceptors (Lipinski definition) is 6. The van der Waals surface area contributed by atoms with Crippen LogP contribution in [-0.2, 0) is 11.3 Å². The molecule has 0 saturated carbocycles. The average Bonchev–Trinajstić information content (AvgIpc) is 3.23. The van der Waals surface area contributed by atoms with E-state index in [1.165, 1.54) is 6.33 Å². The number of aromatic nitrogens is 3. The van der Waals surface area contributed by atoms with Crippen LogP contribution in [0.1, 0.15) is 27.2 Å². The summed E-state index contributed by atoms with van der Waals surface area (Å²) in [5.41, 5.74) is 8.24. The number of hydrogen-bond donors (Lipinski definition) is 2. The van der Waals surface area contributed by atoms with Gasteiger partial charge in [-0.2, -0.15) is 0 Å². The number of nitrogens with two attached hydrogens (primary N) is 1. The summed E-state index contributed by atoms with van der Waals surface area (Å²) in [5.74, 6) is 0.410. The van der Waals surface area contributed by atoms with Crippen LogP contribution >= 0.6 is 0 Å². The first-order valence-corrected chi connectivity index (χ1v) is 10.1. The van der Waals surface area contributed by atoms with Crippen molar-refractivity contribution in [3.63, 3.8) is 0 Å². The maximum Gasteiger partial charge on any atom is 0.410 e. The van der Waals surface area contributed by atoms with Gasteiger partial charge in [0.15, 0.2) is 0 Å². The molecule has 158 valence electrons. The second-order valence-corrected chi connectivity index (χ2v) is 8.69. The van der Waals surface area contributed by atoms with E-state index in [-0.39, 0.29) is 12.6 Å². The summed E-state index contributed by atoms with van der Waals surface area (Å²) in [6.07, 6.45) is 2.90. The molecule has 1 saturated heterocycles. The van der Waals surface area contributed by atoms with Crippen molar-refractivity contribution in [1.82, 2.24) is 19.4 Å². The predicted octanol–water partition coefficient (Wildman–Crippen LogP) is 3.05. The largest absolute Gasteiger partial charge is 0.444 e. The number of benzene rings is 1. The molecule has 1 amide bonds. The van der Waals surface area contributed by atoms with Crippen LogP contribution in [0.4, 0.5) is 10.6 Å². The first kappa shape index (κ1) is 20.2. The zero-order chi connectivity index (χ0) is 21.5. The first-order chi connectivity index (χ1) is 14.2. The van der Waals surface area contributed by atoms with Crippen LogP contribution in [0.5, 0.6) is 0 Å². The fourth-order valence-electron chi connectivity index (χ4n) is 3.96. The summed E-state index contributed by atoms with van der Waals surface area (Å²) in [7, 11) is 0. The van der Waals surface area contributed by atoms with Gasteiger partial charge in [0, 0.05) is 18.3 Å². The van der Waals surface area contributed by atoms with Crippen LogP contribution < -0.4 is 5.73 Å². The Morgan fingerprint density at radius 3 is 2.70 bits per heavy atom. The first-order valence-electron chi connectivity index (χ1n) is 10.1. The molecule has 0 radical (unpaired) electrons. The highest BCUT2D eigenvalue weighted by Crippen LogP contribution is 2.33. The molecular weight excluding hydrogens is 382 g/mol. The standard InChI is InChI=1S/C22H27N5O3/c1-22(2,3)30-21(29)27-11-16(28)9-15(27)10-26-12-17(14-7-5-4-6-8-14)18-19(23)24-13-25-20(18)26/h4-8,12-13,15-16,28H,9-11H2,1-3H3,(H2,23,24,25)/t15-,16+/m0/s1. The number of fused-ring (bicyclic) bond motifs is 1. The molecule has 0 spiro atoms. The molecule has 8 heteroatoms. The molecule has 2 aromatic heterocycles. The molecule has 1 fully saturated rings. The fraction of sp³-hybridized carbons (Fsp3) is 0.409. The van der Waals surface area contributed by atoms with Crippen LogP contribution in [0.2, 0.25) is 0 Å². The Morgan fingerprint density at radius 1 is 1.27 bits per heavy atom. The van der Waals surface area contributed by atoms with E-state index in [4.69, 9.17) is 10.5 Å². The van der Waals surface area contributed by atoms with Crippen molar-refractivity contribution in [3.05, 3.63) is 42.9 Å². The van der Waals surface area contributed by atoms with E-state index < -0.39 is 17.8 Å². The zero-order valence-corrected chi connectivity index (χ0v) is 17.4. The van der Waals surface area contributed by atoms with Crippen molar-refractivity contribution in [2.75, 3.05) is 12.3 Å². The lowest BCUT2D eigenvalue weighted by atomic mass is 10.1. The number of nitrogen functional groups attached to an aromatic ring is 1. The molecule has 0 bridgehead atoms. The lowest BCUT2D eigenvalue weighted by Crippen LogP contribution is -2.41. The highest BCUT2D eigenvalue weighted by Gasteiger charge is 2.37. The summed E-state index contributed by atoms with van der Waals surface area (Å²) in [5, 5.41) is 11.0. The number of ether oxygens (including phenoxy) is 1. The van der Waals surface area contributed by atoms with Gasteiger partial charge in [0.2, 0.25) is 0 Å². The number of anilines is 1. The van der Waals surface area contributed by atoms with E-state index in [1.54, 1.807) is 4.90 Å². The Labute approximate surface area is 175 Å². The Kier molecular flexibility index (Phi) is 5.11. The molecule has 30 heavy (non-hydrogen) atoms. The number of amides is 1. The Morgan fingerprint density at radius 2 is 2.00 bits per heavy atom. The number of β-amino-alcohol motifs (C(OH)–C–C–N with tert-alkyl or cyclic N) is 1. The van der Waals surface area contributed by atoms with Gasteiger partial charge in [0.25, 0.3) is 0 Å². The van der Waals surface area contributed by atoms with E-state index in [0.717, 1.165) is 16.5 Å². The van der Waals surface area contributed by atoms with Crippen molar-refractivity contribution in [3.8, 4) is 11.1 Å². The summed E-state index contributed by atoms with van der Waals surface area (Å²) in [6.45, 7) is 6.21. The van der Waals surface area contributed by atoms with Crippen molar-refractivity contribution >= 4 is 22.9 Å². The number of nitrogens with zero attached hydrogens (tertiary/aromatic N) is 4. The average molecular weight is 409 g/mol. The summed E-state index contributed by atoms with van der Waals surface area (Å²) in [6, 6.07) is 9.70. The molecular formula is C22H27N5O3. The van der Waals surface area contributed by atoms with Gasteiger partial charge in [-0.3, -0.25) is 0 Å². The molecule has 3 aromatic rings. The van der Waals surface area contributed by atoms with Gasteiger partial charge in [0.1, 0.15) is 23.4 Å². The Balaban J connectivity index is 1.70. The molecule has 4 rings (SSSR count). The van der Waals surface area contributed by atoms with Crippen LogP contribution in [-0.4, -0.2) is 54.9 Å². The van der Waals surface area contributed by atoms with Crippen LogP contribution in [0, 0.1) is 0 Å². The third kappa shape index (κ3) is 3.95. The highest BCUT2D eigenvalue weighted by atomic mass is 16.6. The maximum atomic E-state index is 12.7. The van der Waals surface area contributed by atoms with Crippen molar-refractivity contribution in [1.29, 1.82) is 0 Å². The molecule has 1 aliphatic rings. The van der Waals surface area contributed by atoms with Crippen molar-refractivity contribution in [2.24, 2.45) is 0 Å². The van der Waals surface area contributed by atoms with Gasteiger partial charge in [-0.1, -0.05) is 30.3 Å². The molecule has 0 unspecified atom stereocenters. The third-order valence-corrected chi connectivity index (χ3v) is 5.20. The normalized spacial score (nSPS) is 19.4. The summed E-state index contributed by atoms with van der Waals surface area (Å²) >= 11 is 0. The summed E-state index contributed by atoms with van der Waals surface area (Å²) in [4.78, 5) is 22.9. The minimum atomic E-state index is -0.600. The van der Waals surface area contributed by atoms with Gasteiger partial charge in [-0.15, -0.1) is 0 Å². The quantitative estimate of drug-likeness (QED) is 0.689. The number of aliphatic hydroxyl groups is 1. The number of aliphatic hydroxyl groups excluding tert-OH is 1. The number of carbonyl (C=O) groups excluding carboxylic acids is 1. The van der Waals surface area contributed by atoms with E-state index in [2.05, 4.69) is 9.97 Å². The van der Waals surface area contributed by atoms with Crippen molar-refractivity contribution < 1.29 is 14.6 Å². The molecule has 2 atom stereocenters. The van der Waals surface area contributed by atoms with Gasteiger partial charge in [-0.05, 0) is 32.8 Å². The lowest BCUT2D eigenvalue weighted by molar-refractivity contribution is 0.0198. The second kappa shape index (κ2) is 7.60. The van der Waals surface area contributed by atoms with E-state index in [0.29, 0.717) is 24.4 Å². The molecule has 1 aromatic carbocycles. The lowest BCUT2D eigenvalue weighted by Gasteiger charge is -2.28. The minimum absolute atomic E-state index is 0.217. The molecule has 8 nitrogen and oxygen atoms in total. The van der Waals surface area contributed by atoms with E-state index >= 15 is 0 Å². The Hall–Kier alpha value is -3.13. The van der Waals surface area contributed by atoms with Crippen LogP contribution in [0.25, 0.3) is 22.2 Å². The second-order valence-electron chi connectivity index (χ2n) is 8.69. The highest BCUT2D eigenvalue weighted by molar-refractivity contribution is 6.00. The van der Waals surface area contributed by atoms with Gasteiger partial charge in [0.05, 0.1) is 24.1 Å².